The molecule has 0 aliphatic heterocycles. The second kappa shape index (κ2) is 9.80. The van der Waals surface area contributed by atoms with Gasteiger partial charge < -0.3 is 5.11 Å². The van der Waals surface area contributed by atoms with Crippen LogP contribution < -0.4 is 0 Å². The van der Waals surface area contributed by atoms with Crippen LogP contribution in [0.2, 0.25) is 0 Å². The van der Waals surface area contributed by atoms with E-state index in [4.69, 9.17) is 0 Å². The lowest BCUT2D eigenvalue weighted by atomic mass is 10.1. The van der Waals surface area contributed by atoms with Crippen LogP contribution in [-0.2, 0) is 0 Å². The second-order valence-electron chi connectivity index (χ2n) is 4.02. The molecule has 1 N–H and O–H groups in total. The standard InChI is InChI=1S/C14H24O/c1-4-6-7-8-9-10-11-12-14(15)13(3)5-2/h5,13-15H,2,4,6-10H2,1,3H3/t13-,14+/m0/s1. The number of rotatable bonds is 7. The monoisotopic (exact) mass is 208 g/mol. The third-order valence-corrected chi connectivity index (χ3v) is 2.53. The summed E-state index contributed by atoms with van der Waals surface area (Å²) >= 11 is 0. The first-order valence-corrected chi connectivity index (χ1v) is 6.01. The van der Waals surface area contributed by atoms with Crippen LogP contribution in [0, 0.1) is 17.8 Å². The summed E-state index contributed by atoms with van der Waals surface area (Å²) in [5.74, 6) is 5.96. The van der Waals surface area contributed by atoms with Crippen LogP contribution in [-0.4, -0.2) is 11.2 Å². The minimum atomic E-state index is -0.543. The third-order valence-electron chi connectivity index (χ3n) is 2.53. The topological polar surface area (TPSA) is 20.2 Å². The average Bonchev–Trinajstić information content (AvgIpc) is 2.26. The van der Waals surface area contributed by atoms with Gasteiger partial charge in [0.15, 0.2) is 0 Å². The molecule has 2 atom stereocenters. The molecule has 0 aromatic heterocycles. The van der Waals surface area contributed by atoms with E-state index in [9.17, 15) is 5.11 Å². The molecular weight excluding hydrogens is 184 g/mol. The summed E-state index contributed by atoms with van der Waals surface area (Å²) in [6.07, 6.45) is 8.43. The van der Waals surface area contributed by atoms with Crippen molar-refractivity contribution in [3.63, 3.8) is 0 Å². The summed E-state index contributed by atoms with van der Waals surface area (Å²) in [5.41, 5.74) is 0. The first-order valence-electron chi connectivity index (χ1n) is 6.01. The average molecular weight is 208 g/mol. The van der Waals surface area contributed by atoms with Crippen LogP contribution in [0.5, 0.6) is 0 Å². The lowest BCUT2D eigenvalue weighted by molar-refractivity contribution is 0.195. The van der Waals surface area contributed by atoms with Crippen molar-refractivity contribution < 1.29 is 5.11 Å². The Bertz CT molecular complexity index is 209. The van der Waals surface area contributed by atoms with Gasteiger partial charge in [-0.25, -0.2) is 0 Å². The largest absolute Gasteiger partial charge is 0.380 e. The van der Waals surface area contributed by atoms with Crippen LogP contribution in [0.4, 0.5) is 0 Å². The highest BCUT2D eigenvalue weighted by molar-refractivity contribution is 5.08. The molecule has 0 bridgehead atoms. The van der Waals surface area contributed by atoms with Gasteiger partial charge >= 0.3 is 0 Å². The van der Waals surface area contributed by atoms with Crippen LogP contribution in [0.15, 0.2) is 12.7 Å². The molecule has 0 saturated heterocycles. The molecule has 0 saturated carbocycles. The summed E-state index contributed by atoms with van der Waals surface area (Å²) < 4.78 is 0. The molecule has 1 nitrogen and oxygen atoms in total. The lowest BCUT2D eigenvalue weighted by Gasteiger charge is -2.06. The molecule has 15 heavy (non-hydrogen) atoms. The van der Waals surface area contributed by atoms with E-state index in [1.165, 1.54) is 25.7 Å². The molecule has 0 aliphatic rings. The van der Waals surface area contributed by atoms with Gasteiger partial charge in [-0.05, 0) is 6.42 Å². The first-order chi connectivity index (χ1) is 7.22. The SMILES string of the molecule is C=C[C@H](C)[C@H](O)C#CCCCCCCC. The summed E-state index contributed by atoms with van der Waals surface area (Å²) in [7, 11) is 0. The van der Waals surface area contributed by atoms with Gasteiger partial charge in [0, 0.05) is 12.3 Å². The molecule has 0 amide bonds. The maximum Gasteiger partial charge on any atom is 0.120 e. The Labute approximate surface area is 94.6 Å². The fraction of sp³-hybridized carbons (Fsp3) is 0.714. The third kappa shape index (κ3) is 8.27. The highest BCUT2D eigenvalue weighted by Gasteiger charge is 2.05. The van der Waals surface area contributed by atoms with Crippen LogP contribution >= 0.6 is 0 Å². The normalized spacial score (nSPS) is 13.8. The number of aliphatic hydroxyl groups excluding tert-OH is 1. The summed E-state index contributed by atoms with van der Waals surface area (Å²) in [6, 6.07) is 0. The Morgan fingerprint density at radius 1 is 1.27 bits per heavy atom. The van der Waals surface area contributed by atoms with Crippen molar-refractivity contribution >= 4 is 0 Å². The molecule has 0 radical (unpaired) electrons. The Balaban J connectivity index is 3.49. The number of aliphatic hydroxyl groups is 1. The number of unbranched alkanes of at least 4 members (excludes halogenated alkanes) is 5. The highest BCUT2D eigenvalue weighted by Crippen LogP contribution is 2.05. The molecule has 1 heteroatoms. The van der Waals surface area contributed by atoms with Crippen molar-refractivity contribution in [1.29, 1.82) is 0 Å². The summed E-state index contributed by atoms with van der Waals surface area (Å²) in [6.45, 7) is 7.77. The van der Waals surface area contributed by atoms with Gasteiger partial charge in [0.2, 0.25) is 0 Å². The van der Waals surface area contributed by atoms with Crippen molar-refractivity contribution in [3.05, 3.63) is 12.7 Å². The zero-order valence-corrected chi connectivity index (χ0v) is 10.1. The van der Waals surface area contributed by atoms with Crippen molar-refractivity contribution in [2.75, 3.05) is 0 Å². The van der Waals surface area contributed by atoms with E-state index < -0.39 is 6.10 Å². The summed E-state index contributed by atoms with van der Waals surface area (Å²) in [5, 5.41) is 9.51. The molecule has 0 aliphatic carbocycles. The molecule has 0 fully saturated rings. The maximum atomic E-state index is 9.51. The van der Waals surface area contributed by atoms with Gasteiger partial charge in [0.1, 0.15) is 6.10 Å². The van der Waals surface area contributed by atoms with E-state index in [0.29, 0.717) is 0 Å². The van der Waals surface area contributed by atoms with Crippen molar-refractivity contribution in [3.8, 4) is 11.8 Å². The number of hydrogen-bond donors (Lipinski definition) is 1. The van der Waals surface area contributed by atoms with Crippen LogP contribution in [0.3, 0.4) is 0 Å². The fourth-order valence-electron chi connectivity index (χ4n) is 1.25. The molecule has 86 valence electrons. The highest BCUT2D eigenvalue weighted by atomic mass is 16.3. The molecule has 0 rings (SSSR count). The van der Waals surface area contributed by atoms with E-state index >= 15 is 0 Å². The van der Waals surface area contributed by atoms with Gasteiger partial charge in [-0.15, -0.1) is 12.5 Å². The molecule has 0 aromatic rings. The van der Waals surface area contributed by atoms with Gasteiger partial charge in [0.25, 0.3) is 0 Å². The van der Waals surface area contributed by atoms with E-state index in [2.05, 4.69) is 25.3 Å². The predicted octanol–water partition coefficient (Wildman–Crippen LogP) is 3.53. The van der Waals surface area contributed by atoms with E-state index in [-0.39, 0.29) is 5.92 Å². The Hall–Kier alpha value is -0.740. The fourth-order valence-corrected chi connectivity index (χ4v) is 1.25. The Morgan fingerprint density at radius 2 is 1.93 bits per heavy atom. The van der Waals surface area contributed by atoms with E-state index in [1.807, 2.05) is 6.92 Å². The Morgan fingerprint density at radius 3 is 2.53 bits per heavy atom. The van der Waals surface area contributed by atoms with Gasteiger partial charge in [0.05, 0.1) is 0 Å². The van der Waals surface area contributed by atoms with Gasteiger partial charge in [-0.2, -0.15) is 0 Å². The van der Waals surface area contributed by atoms with Crippen molar-refractivity contribution in [1.82, 2.24) is 0 Å². The second-order valence-corrected chi connectivity index (χ2v) is 4.02. The maximum absolute atomic E-state index is 9.51. The lowest BCUT2D eigenvalue weighted by Crippen LogP contribution is -2.12. The van der Waals surface area contributed by atoms with Crippen LogP contribution in [0.25, 0.3) is 0 Å². The minimum absolute atomic E-state index is 0.0672. The molecule has 0 heterocycles. The Kier molecular flexibility index (Phi) is 9.32. The van der Waals surface area contributed by atoms with E-state index in [0.717, 1.165) is 12.8 Å². The molecule has 0 spiro atoms. The molecular formula is C14H24O. The quantitative estimate of drug-likeness (QED) is 0.385. The summed E-state index contributed by atoms with van der Waals surface area (Å²) in [4.78, 5) is 0. The van der Waals surface area contributed by atoms with E-state index in [1.54, 1.807) is 6.08 Å². The zero-order chi connectivity index (χ0) is 11.5. The first kappa shape index (κ1) is 14.3. The minimum Gasteiger partial charge on any atom is -0.380 e. The van der Waals surface area contributed by atoms with Gasteiger partial charge in [-0.3, -0.25) is 0 Å². The van der Waals surface area contributed by atoms with Gasteiger partial charge in [-0.1, -0.05) is 51.5 Å². The smallest absolute Gasteiger partial charge is 0.120 e. The molecule has 0 unspecified atom stereocenters. The zero-order valence-electron chi connectivity index (χ0n) is 10.1. The van der Waals surface area contributed by atoms with Crippen molar-refractivity contribution in [2.24, 2.45) is 5.92 Å². The van der Waals surface area contributed by atoms with Crippen molar-refractivity contribution in [2.45, 2.75) is 58.5 Å². The van der Waals surface area contributed by atoms with Crippen LogP contribution in [0.1, 0.15) is 52.4 Å². The number of hydrogen-bond acceptors (Lipinski definition) is 1. The predicted molar refractivity (Wildman–Crippen MR) is 66.5 cm³/mol. The molecule has 0 aromatic carbocycles.